The Morgan fingerprint density at radius 1 is 0.848 bits per heavy atom. The normalized spacial score (nSPS) is 11.1. The highest BCUT2D eigenvalue weighted by Gasteiger charge is 2.15. The molecule has 0 bridgehead atoms. The van der Waals surface area contributed by atoms with Crippen LogP contribution in [0, 0.1) is 0 Å². The smallest absolute Gasteiger partial charge is 0.338 e. The number of nitrogens with one attached hydrogen (secondary N) is 2. The fourth-order valence-electron chi connectivity index (χ4n) is 2.91. The van der Waals surface area contributed by atoms with E-state index in [1.54, 1.807) is 61.5 Å². The quantitative estimate of drug-likeness (QED) is 0.299. The molecule has 6 nitrogen and oxygen atoms in total. The van der Waals surface area contributed by atoms with Gasteiger partial charge in [-0.1, -0.05) is 66.7 Å². The van der Waals surface area contributed by atoms with Crippen LogP contribution < -0.4 is 10.6 Å². The van der Waals surface area contributed by atoms with E-state index in [-0.39, 0.29) is 12.3 Å². The second-order valence-corrected chi connectivity index (χ2v) is 6.93. The molecule has 33 heavy (non-hydrogen) atoms. The van der Waals surface area contributed by atoms with E-state index in [0.717, 1.165) is 5.56 Å². The van der Waals surface area contributed by atoms with Crippen LogP contribution in [-0.2, 0) is 9.53 Å². The summed E-state index contributed by atoms with van der Waals surface area (Å²) in [5.41, 5.74) is 2.14. The molecular formula is C27H24N2O4. The summed E-state index contributed by atoms with van der Waals surface area (Å²) >= 11 is 0. The van der Waals surface area contributed by atoms with Gasteiger partial charge in [-0.2, -0.15) is 0 Å². The third kappa shape index (κ3) is 7.04. The van der Waals surface area contributed by atoms with E-state index in [9.17, 15) is 14.4 Å². The van der Waals surface area contributed by atoms with E-state index in [1.807, 2.05) is 36.4 Å². The number of hydrogen-bond acceptors (Lipinski definition) is 4. The second kappa shape index (κ2) is 11.8. The second-order valence-electron chi connectivity index (χ2n) is 6.93. The van der Waals surface area contributed by atoms with Crippen LogP contribution in [0.25, 0.3) is 6.08 Å². The number of allylic oxidation sites excluding steroid dienone is 2. The van der Waals surface area contributed by atoms with Crippen molar-refractivity contribution in [2.24, 2.45) is 0 Å². The van der Waals surface area contributed by atoms with Gasteiger partial charge >= 0.3 is 5.97 Å². The lowest BCUT2D eigenvalue weighted by atomic mass is 10.2. The highest BCUT2D eigenvalue weighted by atomic mass is 16.5. The average Bonchev–Trinajstić information content (AvgIpc) is 2.85. The lowest BCUT2D eigenvalue weighted by Crippen LogP contribution is -2.30. The topological polar surface area (TPSA) is 84.5 Å². The summed E-state index contributed by atoms with van der Waals surface area (Å²) in [6.45, 7) is 1.97. The molecule has 0 saturated heterocycles. The van der Waals surface area contributed by atoms with E-state index in [2.05, 4.69) is 10.6 Å². The lowest BCUT2D eigenvalue weighted by Gasteiger charge is -2.11. The molecule has 0 aliphatic rings. The fourth-order valence-corrected chi connectivity index (χ4v) is 2.91. The Balaban J connectivity index is 1.82. The Bertz CT molecular complexity index is 1170. The van der Waals surface area contributed by atoms with E-state index >= 15 is 0 Å². The van der Waals surface area contributed by atoms with Crippen molar-refractivity contribution in [1.82, 2.24) is 5.32 Å². The van der Waals surface area contributed by atoms with Gasteiger partial charge in [0, 0.05) is 11.3 Å². The third-order valence-electron chi connectivity index (χ3n) is 4.51. The average molecular weight is 440 g/mol. The van der Waals surface area contributed by atoms with Crippen LogP contribution in [0.1, 0.15) is 33.2 Å². The highest BCUT2D eigenvalue weighted by molar-refractivity contribution is 6.08. The van der Waals surface area contributed by atoms with Crippen molar-refractivity contribution in [2.75, 3.05) is 11.9 Å². The van der Waals surface area contributed by atoms with Gasteiger partial charge in [0.15, 0.2) is 0 Å². The van der Waals surface area contributed by atoms with E-state index in [1.165, 1.54) is 12.1 Å². The standard InChI is InChI=1S/C27H24N2O4/c1-2-33-27(32)22-16-10-17-23(19-22)28-26(31)24(18-9-13-20-11-5-3-6-12-20)29-25(30)21-14-7-4-8-15-21/h3-19H,2H2,1H3,(H,28,31)(H,29,30)/b13-9+,24-18-. The predicted molar refractivity (Wildman–Crippen MR) is 128 cm³/mol. The third-order valence-corrected chi connectivity index (χ3v) is 4.51. The van der Waals surface area contributed by atoms with Gasteiger partial charge in [0.25, 0.3) is 11.8 Å². The summed E-state index contributed by atoms with van der Waals surface area (Å²) in [7, 11) is 0. The van der Waals surface area contributed by atoms with Crippen molar-refractivity contribution in [3.05, 3.63) is 119 Å². The van der Waals surface area contributed by atoms with Crippen molar-refractivity contribution in [3.63, 3.8) is 0 Å². The molecular weight excluding hydrogens is 416 g/mol. The lowest BCUT2D eigenvalue weighted by molar-refractivity contribution is -0.113. The van der Waals surface area contributed by atoms with Crippen molar-refractivity contribution in [3.8, 4) is 0 Å². The van der Waals surface area contributed by atoms with Gasteiger partial charge < -0.3 is 15.4 Å². The van der Waals surface area contributed by atoms with Crippen LogP contribution in [0.4, 0.5) is 5.69 Å². The molecule has 0 aromatic heterocycles. The zero-order valence-corrected chi connectivity index (χ0v) is 18.2. The van der Waals surface area contributed by atoms with Gasteiger partial charge in [0.2, 0.25) is 0 Å². The Labute approximate surface area is 192 Å². The molecule has 0 unspecified atom stereocenters. The van der Waals surface area contributed by atoms with E-state index in [0.29, 0.717) is 16.8 Å². The van der Waals surface area contributed by atoms with Gasteiger partial charge in [-0.15, -0.1) is 0 Å². The summed E-state index contributed by atoms with van der Waals surface area (Å²) in [5.74, 6) is -1.42. The summed E-state index contributed by atoms with van der Waals surface area (Å²) in [4.78, 5) is 37.6. The Hall–Kier alpha value is -4.45. The number of hydrogen-bond donors (Lipinski definition) is 2. The minimum absolute atomic E-state index is 0.0533. The number of amides is 2. The number of esters is 1. The predicted octanol–water partition coefficient (Wildman–Crippen LogP) is 4.83. The zero-order valence-electron chi connectivity index (χ0n) is 18.2. The van der Waals surface area contributed by atoms with Gasteiger partial charge in [0.05, 0.1) is 12.2 Å². The summed E-state index contributed by atoms with van der Waals surface area (Å²) in [5, 5.41) is 5.39. The van der Waals surface area contributed by atoms with Crippen LogP contribution in [0.5, 0.6) is 0 Å². The maximum absolute atomic E-state index is 13.0. The molecule has 0 aliphatic heterocycles. The molecule has 0 fully saturated rings. The van der Waals surface area contributed by atoms with Crippen LogP contribution in [0.15, 0.2) is 103 Å². The molecule has 3 aromatic carbocycles. The van der Waals surface area contributed by atoms with Gasteiger partial charge in [-0.25, -0.2) is 4.79 Å². The number of anilines is 1. The molecule has 0 aliphatic carbocycles. The maximum Gasteiger partial charge on any atom is 0.338 e. The van der Waals surface area contributed by atoms with Crippen LogP contribution >= 0.6 is 0 Å². The molecule has 2 amide bonds. The number of carbonyl (C=O) groups excluding carboxylic acids is 3. The zero-order chi connectivity index (χ0) is 23.5. The first-order valence-corrected chi connectivity index (χ1v) is 10.4. The number of benzene rings is 3. The van der Waals surface area contributed by atoms with Crippen molar-refractivity contribution >= 4 is 29.5 Å². The first-order chi connectivity index (χ1) is 16.1. The first-order valence-electron chi connectivity index (χ1n) is 10.4. The van der Waals surface area contributed by atoms with Crippen molar-refractivity contribution < 1.29 is 19.1 Å². The molecule has 3 rings (SSSR count). The van der Waals surface area contributed by atoms with Crippen LogP contribution in [0.3, 0.4) is 0 Å². The van der Waals surface area contributed by atoms with E-state index < -0.39 is 17.8 Å². The van der Waals surface area contributed by atoms with E-state index in [4.69, 9.17) is 4.74 Å². The minimum atomic E-state index is -0.530. The molecule has 0 atom stereocenters. The number of carbonyl (C=O) groups is 3. The first kappa shape index (κ1) is 23.2. The van der Waals surface area contributed by atoms with Crippen molar-refractivity contribution in [1.29, 1.82) is 0 Å². The minimum Gasteiger partial charge on any atom is -0.462 e. The molecule has 0 radical (unpaired) electrons. The van der Waals surface area contributed by atoms with Gasteiger partial charge in [-0.3, -0.25) is 9.59 Å². The molecule has 6 heteroatoms. The Morgan fingerprint density at radius 3 is 2.21 bits per heavy atom. The maximum atomic E-state index is 13.0. The number of ether oxygens (including phenoxy) is 1. The van der Waals surface area contributed by atoms with Crippen LogP contribution in [0.2, 0.25) is 0 Å². The highest BCUT2D eigenvalue weighted by Crippen LogP contribution is 2.13. The molecule has 0 spiro atoms. The van der Waals surface area contributed by atoms with Crippen molar-refractivity contribution in [2.45, 2.75) is 6.92 Å². The number of rotatable bonds is 8. The molecule has 2 N–H and O–H groups in total. The Kier molecular flexibility index (Phi) is 8.31. The summed E-state index contributed by atoms with van der Waals surface area (Å²) in [6, 6.07) is 24.6. The molecule has 0 saturated carbocycles. The van der Waals surface area contributed by atoms with Gasteiger partial charge in [0.1, 0.15) is 5.70 Å². The SMILES string of the molecule is CCOC(=O)c1cccc(NC(=O)/C(=C/C=C/c2ccccc2)NC(=O)c2ccccc2)c1. The van der Waals surface area contributed by atoms with Gasteiger partial charge in [-0.05, 0) is 48.9 Å². The monoisotopic (exact) mass is 440 g/mol. The molecule has 3 aromatic rings. The summed E-state index contributed by atoms with van der Waals surface area (Å²) in [6.07, 6.45) is 5.03. The fraction of sp³-hybridized carbons (Fsp3) is 0.0741. The Morgan fingerprint density at radius 2 is 1.52 bits per heavy atom. The van der Waals surface area contributed by atoms with Crippen LogP contribution in [-0.4, -0.2) is 24.4 Å². The summed E-state index contributed by atoms with van der Waals surface area (Å²) < 4.78 is 5.00. The molecule has 166 valence electrons. The molecule has 0 heterocycles. The largest absolute Gasteiger partial charge is 0.462 e.